The number of alkyl halides is 3. The summed E-state index contributed by atoms with van der Waals surface area (Å²) in [4.78, 5) is 4.51. The molecular weight excluding hydrogens is 446 g/mol. The quantitative estimate of drug-likeness (QED) is 0.287. The highest BCUT2D eigenvalue weighted by Crippen LogP contribution is 2.19. The smallest absolute Gasteiger partial charge is 0.422 e. The number of hydrogen-bond donors (Lipinski definition) is 2. The Morgan fingerprint density at radius 3 is 2.40 bits per heavy atom. The molecule has 2 N–H and O–H groups in total. The van der Waals surface area contributed by atoms with E-state index in [1.807, 2.05) is 6.92 Å². The first-order chi connectivity index (χ1) is 11.5. The van der Waals surface area contributed by atoms with E-state index >= 15 is 0 Å². The molecule has 0 saturated heterocycles. The van der Waals surface area contributed by atoms with Gasteiger partial charge in [0.25, 0.3) is 0 Å². The maximum atomic E-state index is 12.1. The first-order valence-corrected chi connectivity index (χ1v) is 7.94. The van der Waals surface area contributed by atoms with Crippen LogP contribution in [-0.2, 0) is 6.54 Å². The maximum absolute atomic E-state index is 12.1. The highest BCUT2D eigenvalue weighted by atomic mass is 127. The van der Waals surface area contributed by atoms with Crippen LogP contribution >= 0.6 is 24.0 Å². The Morgan fingerprint density at radius 2 is 1.84 bits per heavy atom. The summed E-state index contributed by atoms with van der Waals surface area (Å²) in [7, 11) is 0. The van der Waals surface area contributed by atoms with E-state index in [-0.39, 0.29) is 29.7 Å². The lowest BCUT2D eigenvalue weighted by atomic mass is 10.2. The molecule has 0 heterocycles. The average Bonchev–Trinajstić information content (AvgIpc) is 3.04. The molecule has 1 aromatic rings. The molecule has 1 aromatic carbocycles. The molecule has 2 rings (SSSR count). The zero-order valence-corrected chi connectivity index (χ0v) is 16.3. The Labute approximate surface area is 162 Å². The number of aliphatic imine (C=N–C) groups is 1. The third kappa shape index (κ3) is 8.46. The topological polar surface area (TPSA) is 45.7 Å². The molecule has 0 saturated carbocycles. The van der Waals surface area contributed by atoms with Crippen LogP contribution in [0.2, 0.25) is 0 Å². The molecule has 1 aliphatic rings. The van der Waals surface area contributed by atoms with Crippen LogP contribution in [0.4, 0.5) is 13.2 Å². The largest absolute Gasteiger partial charge is 0.484 e. The second-order valence-electron chi connectivity index (χ2n) is 5.53. The number of halogens is 4. The lowest BCUT2D eigenvalue weighted by Gasteiger charge is -2.16. The lowest BCUT2D eigenvalue weighted by Crippen LogP contribution is -2.42. The number of hydrogen-bond acceptors (Lipinski definition) is 2. The van der Waals surface area contributed by atoms with Crippen LogP contribution in [0.1, 0.15) is 25.3 Å². The maximum Gasteiger partial charge on any atom is 0.422 e. The fourth-order valence-electron chi connectivity index (χ4n) is 2.28. The average molecular weight is 469 g/mol. The summed E-state index contributed by atoms with van der Waals surface area (Å²) in [5.41, 5.74) is 0.899. The Morgan fingerprint density at radius 1 is 1.20 bits per heavy atom. The minimum Gasteiger partial charge on any atom is -0.484 e. The fraction of sp³-hybridized carbons (Fsp3) is 0.471. The van der Waals surface area contributed by atoms with Crippen LogP contribution < -0.4 is 15.4 Å². The fourth-order valence-corrected chi connectivity index (χ4v) is 2.28. The van der Waals surface area contributed by atoms with Crippen molar-refractivity contribution in [1.29, 1.82) is 0 Å². The van der Waals surface area contributed by atoms with Crippen molar-refractivity contribution in [2.75, 3.05) is 13.2 Å². The van der Waals surface area contributed by atoms with Crippen LogP contribution in [0.25, 0.3) is 0 Å². The molecule has 0 aromatic heterocycles. The highest BCUT2D eigenvalue weighted by Gasteiger charge is 2.28. The molecule has 0 bridgehead atoms. The predicted octanol–water partition coefficient (Wildman–Crippen LogP) is 4.02. The van der Waals surface area contributed by atoms with Crippen molar-refractivity contribution in [3.8, 4) is 5.75 Å². The monoisotopic (exact) mass is 469 g/mol. The normalized spacial score (nSPS) is 15.0. The number of guanidine groups is 1. The summed E-state index contributed by atoms with van der Waals surface area (Å²) in [5.74, 6) is 0.936. The van der Waals surface area contributed by atoms with Crippen LogP contribution in [0.15, 0.2) is 41.4 Å². The molecule has 0 unspecified atom stereocenters. The molecule has 0 spiro atoms. The molecule has 140 valence electrons. The van der Waals surface area contributed by atoms with E-state index in [0.29, 0.717) is 12.6 Å². The van der Waals surface area contributed by atoms with Gasteiger partial charge in [-0.1, -0.05) is 24.3 Å². The second kappa shape index (κ2) is 10.5. The molecule has 1 aliphatic carbocycles. The SMILES string of the molecule is CCNC(=NCc1ccc(OCC(F)(F)F)cc1)NC1CC=CC1.I. The van der Waals surface area contributed by atoms with Crippen molar-refractivity contribution in [3.05, 3.63) is 42.0 Å². The third-order valence-electron chi connectivity index (χ3n) is 3.44. The van der Waals surface area contributed by atoms with Crippen LogP contribution in [0, 0.1) is 0 Å². The van der Waals surface area contributed by atoms with Gasteiger partial charge in [-0.3, -0.25) is 0 Å². The Kier molecular flexibility index (Phi) is 9.09. The molecule has 4 nitrogen and oxygen atoms in total. The molecule has 0 aliphatic heterocycles. The van der Waals surface area contributed by atoms with E-state index in [0.717, 1.165) is 30.9 Å². The number of nitrogens with zero attached hydrogens (tertiary/aromatic N) is 1. The number of ether oxygens (including phenoxy) is 1. The van der Waals surface area contributed by atoms with Gasteiger partial charge in [-0.15, -0.1) is 24.0 Å². The Hall–Kier alpha value is -1.45. The van der Waals surface area contributed by atoms with Gasteiger partial charge in [-0.05, 0) is 37.5 Å². The molecule has 0 radical (unpaired) electrons. The van der Waals surface area contributed by atoms with E-state index in [2.05, 4.69) is 32.5 Å². The van der Waals surface area contributed by atoms with Gasteiger partial charge in [0.05, 0.1) is 6.54 Å². The van der Waals surface area contributed by atoms with Gasteiger partial charge in [0.2, 0.25) is 0 Å². The summed E-state index contributed by atoms with van der Waals surface area (Å²) in [5, 5.41) is 6.55. The minimum absolute atomic E-state index is 0. The van der Waals surface area contributed by atoms with Gasteiger partial charge in [-0.25, -0.2) is 4.99 Å². The molecular formula is C17H23F3IN3O. The van der Waals surface area contributed by atoms with E-state index < -0.39 is 12.8 Å². The number of rotatable bonds is 6. The van der Waals surface area contributed by atoms with Gasteiger partial charge in [0.1, 0.15) is 5.75 Å². The zero-order valence-electron chi connectivity index (χ0n) is 14.0. The zero-order chi connectivity index (χ0) is 17.4. The van der Waals surface area contributed by atoms with Crippen molar-refractivity contribution < 1.29 is 17.9 Å². The van der Waals surface area contributed by atoms with Crippen LogP contribution in [0.5, 0.6) is 5.75 Å². The van der Waals surface area contributed by atoms with Crippen molar-refractivity contribution in [1.82, 2.24) is 10.6 Å². The van der Waals surface area contributed by atoms with E-state index in [1.54, 1.807) is 12.1 Å². The summed E-state index contributed by atoms with van der Waals surface area (Å²) >= 11 is 0. The van der Waals surface area contributed by atoms with E-state index in [9.17, 15) is 13.2 Å². The first-order valence-electron chi connectivity index (χ1n) is 7.94. The molecule has 25 heavy (non-hydrogen) atoms. The van der Waals surface area contributed by atoms with Crippen LogP contribution in [-0.4, -0.2) is 31.3 Å². The summed E-state index contributed by atoms with van der Waals surface area (Å²) in [6.07, 6.45) is 1.91. The second-order valence-corrected chi connectivity index (χ2v) is 5.53. The van der Waals surface area contributed by atoms with Gasteiger partial charge in [0, 0.05) is 12.6 Å². The van der Waals surface area contributed by atoms with Gasteiger partial charge < -0.3 is 15.4 Å². The van der Waals surface area contributed by atoms with Crippen LogP contribution in [0.3, 0.4) is 0 Å². The van der Waals surface area contributed by atoms with Crippen molar-refractivity contribution in [2.24, 2.45) is 4.99 Å². The molecule has 0 atom stereocenters. The standard InChI is InChI=1S/C17H22F3N3O.HI/c1-2-21-16(23-14-5-3-4-6-14)22-11-13-7-9-15(10-8-13)24-12-17(18,19)20;/h3-4,7-10,14H,2,5-6,11-12H2,1H3,(H2,21,22,23);1H. The van der Waals surface area contributed by atoms with Crippen molar-refractivity contribution in [3.63, 3.8) is 0 Å². The van der Waals surface area contributed by atoms with E-state index in [1.165, 1.54) is 12.1 Å². The summed E-state index contributed by atoms with van der Waals surface area (Å²) in [6, 6.07) is 6.85. The summed E-state index contributed by atoms with van der Waals surface area (Å²) in [6.45, 7) is 1.91. The number of nitrogens with one attached hydrogen (secondary N) is 2. The van der Waals surface area contributed by atoms with Gasteiger partial charge in [-0.2, -0.15) is 13.2 Å². The van der Waals surface area contributed by atoms with Crippen molar-refractivity contribution in [2.45, 2.75) is 38.5 Å². The Bertz CT molecular complexity index is 565. The molecule has 8 heteroatoms. The minimum atomic E-state index is -4.33. The Balaban J connectivity index is 0.00000312. The highest BCUT2D eigenvalue weighted by molar-refractivity contribution is 14.0. The third-order valence-corrected chi connectivity index (χ3v) is 3.44. The first kappa shape index (κ1) is 21.6. The van der Waals surface area contributed by atoms with Gasteiger partial charge in [0.15, 0.2) is 12.6 Å². The van der Waals surface area contributed by atoms with E-state index in [4.69, 9.17) is 0 Å². The molecule has 0 amide bonds. The lowest BCUT2D eigenvalue weighted by molar-refractivity contribution is -0.153. The summed E-state index contributed by atoms with van der Waals surface area (Å²) < 4.78 is 41.0. The van der Waals surface area contributed by atoms with Crippen molar-refractivity contribution >= 4 is 29.9 Å². The predicted molar refractivity (Wildman–Crippen MR) is 104 cm³/mol. The number of benzene rings is 1. The van der Waals surface area contributed by atoms with Gasteiger partial charge >= 0.3 is 6.18 Å². The molecule has 0 fully saturated rings.